The molecule has 0 saturated heterocycles. The summed E-state index contributed by atoms with van der Waals surface area (Å²) in [5.41, 5.74) is -4.23. The molecule has 0 heterocycles. The van der Waals surface area contributed by atoms with Gasteiger partial charge in [0, 0.05) is 11.1 Å². The Kier molecular flexibility index (Phi) is 10.1. The van der Waals surface area contributed by atoms with Gasteiger partial charge >= 0.3 is 20.2 Å². The van der Waals surface area contributed by atoms with Crippen molar-refractivity contribution in [2.24, 2.45) is 0 Å². The molecule has 0 radical (unpaired) electrons. The van der Waals surface area contributed by atoms with Crippen LogP contribution in [0.2, 0.25) is 0 Å². The van der Waals surface area contributed by atoms with Crippen LogP contribution in [-0.4, -0.2) is 16.8 Å². The maximum Gasteiger partial charge on any atom is 0.345 e. The average Bonchev–Trinajstić information content (AvgIpc) is 3.03. The second-order valence-electron chi connectivity index (χ2n) is 8.36. The van der Waals surface area contributed by atoms with Crippen molar-refractivity contribution in [3.8, 4) is 35.8 Å². The predicted octanol–water partition coefficient (Wildman–Crippen LogP) is 5.47. The van der Waals surface area contributed by atoms with E-state index in [1.165, 1.54) is 24.3 Å². The molecule has 3 aromatic rings. The summed E-state index contributed by atoms with van der Waals surface area (Å²) >= 11 is 0. The van der Waals surface area contributed by atoms with Gasteiger partial charge in [0.2, 0.25) is 11.6 Å². The van der Waals surface area contributed by atoms with Crippen LogP contribution in [0.4, 0.5) is 43.9 Å². The zero-order valence-corrected chi connectivity index (χ0v) is 23.8. The van der Waals surface area contributed by atoms with E-state index < -0.39 is 122 Å². The number of benzene rings is 3. The third kappa shape index (κ3) is 6.57. The van der Waals surface area contributed by atoms with Crippen LogP contribution in [0.5, 0.6) is 11.5 Å². The van der Waals surface area contributed by atoms with Crippen molar-refractivity contribution in [3.05, 3.63) is 92.6 Å². The highest BCUT2D eigenvalue weighted by molar-refractivity contribution is 7.87. The van der Waals surface area contributed by atoms with Crippen LogP contribution in [0, 0.1) is 103 Å². The minimum atomic E-state index is -6.20. The summed E-state index contributed by atoms with van der Waals surface area (Å²) < 4.78 is 200. The summed E-state index contributed by atoms with van der Waals surface area (Å²) in [5, 5.41) is 36.5. The lowest BCUT2D eigenvalue weighted by molar-refractivity contribution is 0.352. The number of rotatable bonds is 8. The molecule has 48 heavy (non-hydrogen) atoms. The molecular formula is C26H4F10N4O6S2. The number of hydrogen-bond acceptors (Lipinski definition) is 10. The molecule has 0 aromatic heterocycles. The smallest absolute Gasteiger partial charge is 0.345 e. The fraction of sp³-hybridized carbons (Fsp3) is 0. The van der Waals surface area contributed by atoms with E-state index >= 15 is 0 Å². The van der Waals surface area contributed by atoms with E-state index in [9.17, 15) is 60.7 Å². The van der Waals surface area contributed by atoms with E-state index in [0.717, 1.165) is 0 Å². The van der Waals surface area contributed by atoms with Gasteiger partial charge < -0.3 is 8.37 Å². The second kappa shape index (κ2) is 13.3. The number of hydrogen-bond donors (Lipinski definition) is 0. The van der Waals surface area contributed by atoms with E-state index in [1.807, 2.05) is 0 Å². The Labute approximate surface area is 260 Å². The lowest BCUT2D eigenvalue weighted by Crippen LogP contribution is -2.19. The van der Waals surface area contributed by atoms with Crippen LogP contribution >= 0.6 is 0 Å². The van der Waals surface area contributed by atoms with E-state index in [2.05, 4.69) is 8.37 Å². The largest absolute Gasteiger partial charge is 0.378 e. The second-order valence-corrected chi connectivity index (χ2v) is 11.3. The maximum atomic E-state index is 14.3. The molecule has 0 bridgehead atoms. The lowest BCUT2D eigenvalue weighted by Gasteiger charge is -2.16. The highest BCUT2D eigenvalue weighted by Crippen LogP contribution is 2.38. The van der Waals surface area contributed by atoms with Crippen molar-refractivity contribution < 1.29 is 69.1 Å². The summed E-state index contributed by atoms with van der Waals surface area (Å²) in [5.74, 6) is -31.2. The van der Waals surface area contributed by atoms with Gasteiger partial charge in [0.25, 0.3) is 0 Å². The van der Waals surface area contributed by atoms with Crippen LogP contribution in [0.1, 0.15) is 11.1 Å². The fourth-order valence-corrected chi connectivity index (χ4v) is 5.54. The molecule has 3 aromatic carbocycles. The van der Waals surface area contributed by atoms with Crippen molar-refractivity contribution >= 4 is 32.4 Å². The Morgan fingerprint density at radius 2 is 0.708 bits per heavy atom. The Balaban J connectivity index is 2.44. The zero-order valence-electron chi connectivity index (χ0n) is 22.1. The first kappa shape index (κ1) is 36.4. The zero-order chi connectivity index (χ0) is 36.5. The minimum absolute atomic E-state index is 0.180. The van der Waals surface area contributed by atoms with Gasteiger partial charge in [-0.05, 0) is 24.3 Å². The SMILES string of the molecule is N#CC(C#N)=Cc1cc(OS(=O)(=O)c2c(F)c(F)c(F)c(F)c2F)c(C=C(C#N)C#N)cc1OS(=O)(=O)c1c(F)c(F)c(F)c(F)c1F. The molecule has 246 valence electrons. The molecule has 3 rings (SSSR count). The van der Waals surface area contributed by atoms with Gasteiger partial charge in [0.15, 0.2) is 67.8 Å². The molecule has 0 aliphatic rings. The third-order valence-corrected chi connectivity index (χ3v) is 7.98. The van der Waals surface area contributed by atoms with Gasteiger partial charge in [0.05, 0.1) is 0 Å². The normalized spacial score (nSPS) is 11.0. The van der Waals surface area contributed by atoms with Crippen molar-refractivity contribution in [3.63, 3.8) is 0 Å². The summed E-state index contributed by atoms with van der Waals surface area (Å²) in [6.07, 6.45) is 0.620. The number of nitriles is 4. The van der Waals surface area contributed by atoms with Gasteiger partial charge in [-0.1, -0.05) is 0 Å². The Hall–Kier alpha value is -6.10. The van der Waals surface area contributed by atoms with Gasteiger partial charge in [-0.3, -0.25) is 0 Å². The number of allylic oxidation sites excluding steroid dienone is 2. The standard InChI is InChI=1S/C26H4F10N4O6S2/c27-15-17(29)21(33)25(22(34)18(15)30)47(41,42)45-13-4-12(2-10(7-39)8-40)14(3-11(13)1-9(5-37)6-38)46-48(43,44)26-23(35)19(31)16(28)20(32)24(26)36/h1-4H. The molecule has 0 spiro atoms. The number of nitrogens with zero attached hydrogens (tertiary/aromatic N) is 4. The van der Waals surface area contributed by atoms with E-state index in [0.29, 0.717) is 12.2 Å². The minimum Gasteiger partial charge on any atom is -0.378 e. The first-order chi connectivity index (χ1) is 22.3. The molecule has 0 fully saturated rings. The van der Waals surface area contributed by atoms with Crippen LogP contribution in [-0.2, 0) is 20.2 Å². The molecule has 0 unspecified atom stereocenters. The third-order valence-electron chi connectivity index (χ3n) is 5.46. The summed E-state index contributed by atoms with van der Waals surface area (Å²) in [6.45, 7) is 0. The molecule has 0 atom stereocenters. The van der Waals surface area contributed by atoms with Crippen molar-refractivity contribution in [2.75, 3.05) is 0 Å². The summed E-state index contributed by atoms with van der Waals surface area (Å²) in [7, 11) is -12.4. The summed E-state index contributed by atoms with van der Waals surface area (Å²) in [4.78, 5) is -5.17. The first-order valence-electron chi connectivity index (χ1n) is 11.4. The number of halogens is 10. The predicted molar refractivity (Wildman–Crippen MR) is 133 cm³/mol. The Morgan fingerprint density at radius 3 is 0.938 bits per heavy atom. The van der Waals surface area contributed by atoms with Crippen LogP contribution in [0.15, 0.2) is 33.1 Å². The van der Waals surface area contributed by atoms with E-state index in [4.69, 9.17) is 21.0 Å². The van der Waals surface area contributed by atoms with Crippen LogP contribution in [0.3, 0.4) is 0 Å². The molecule has 0 aliphatic heterocycles. The monoisotopic (exact) mass is 722 g/mol. The van der Waals surface area contributed by atoms with Crippen molar-refractivity contribution in [1.29, 1.82) is 21.0 Å². The lowest BCUT2D eigenvalue weighted by atomic mass is 10.0. The first-order valence-corrected chi connectivity index (χ1v) is 14.2. The van der Waals surface area contributed by atoms with Gasteiger partial charge in [-0.25, -0.2) is 43.9 Å². The van der Waals surface area contributed by atoms with Gasteiger partial charge in [-0.15, -0.1) is 0 Å². The molecule has 0 amide bonds. The van der Waals surface area contributed by atoms with E-state index in [1.54, 1.807) is 0 Å². The summed E-state index contributed by atoms with van der Waals surface area (Å²) in [6, 6.07) is 5.21. The van der Waals surface area contributed by atoms with Gasteiger partial charge in [0.1, 0.15) is 35.4 Å². The quantitative estimate of drug-likeness (QED) is 0.0950. The topological polar surface area (TPSA) is 182 Å². The molecule has 0 aliphatic carbocycles. The molecule has 0 N–H and O–H groups in total. The highest BCUT2D eigenvalue weighted by atomic mass is 32.2. The van der Waals surface area contributed by atoms with Crippen LogP contribution in [0.25, 0.3) is 12.2 Å². The molecule has 10 nitrogen and oxygen atoms in total. The van der Waals surface area contributed by atoms with E-state index in [-0.39, 0.29) is 12.1 Å². The average molecular weight is 722 g/mol. The van der Waals surface area contributed by atoms with Crippen molar-refractivity contribution in [2.45, 2.75) is 9.79 Å². The molecular weight excluding hydrogens is 718 g/mol. The van der Waals surface area contributed by atoms with Crippen molar-refractivity contribution in [1.82, 2.24) is 0 Å². The highest BCUT2D eigenvalue weighted by Gasteiger charge is 2.37. The fourth-order valence-electron chi connectivity index (χ4n) is 3.38. The van der Waals surface area contributed by atoms with Crippen LogP contribution < -0.4 is 8.37 Å². The Bertz CT molecular complexity index is 2130. The molecule has 22 heteroatoms. The van der Waals surface area contributed by atoms with Gasteiger partial charge in [-0.2, -0.15) is 37.9 Å². The Morgan fingerprint density at radius 1 is 0.479 bits per heavy atom. The maximum absolute atomic E-state index is 14.3. The molecule has 0 saturated carbocycles.